The van der Waals surface area contributed by atoms with Gasteiger partial charge in [-0.3, -0.25) is 4.79 Å². The Morgan fingerprint density at radius 2 is 1.86 bits per heavy atom. The maximum Gasteiger partial charge on any atom is 0.248 e. The van der Waals surface area contributed by atoms with E-state index in [2.05, 4.69) is 4.99 Å². The topological polar surface area (TPSA) is 66.8 Å². The second kappa shape index (κ2) is 7.95. The van der Waals surface area contributed by atoms with Crippen LogP contribution >= 0.6 is 11.8 Å². The lowest BCUT2D eigenvalue weighted by molar-refractivity contribution is -0.117. The van der Waals surface area contributed by atoms with Crippen LogP contribution in [-0.4, -0.2) is 42.3 Å². The molecule has 0 bridgehead atoms. The molecule has 2 aromatic carbocycles. The van der Waals surface area contributed by atoms with Crippen LogP contribution in [0.2, 0.25) is 0 Å². The van der Waals surface area contributed by atoms with E-state index in [1.807, 2.05) is 67.3 Å². The van der Waals surface area contributed by atoms with Gasteiger partial charge in [-0.2, -0.15) is 4.99 Å². The van der Waals surface area contributed by atoms with Crippen LogP contribution in [0.5, 0.6) is 0 Å². The van der Waals surface area contributed by atoms with Crippen molar-refractivity contribution in [1.82, 2.24) is 0 Å². The summed E-state index contributed by atoms with van der Waals surface area (Å²) in [5.74, 6) is 0.0726. The second-order valence-corrected chi connectivity index (χ2v) is 11.1. The number of hydrogen-bond acceptors (Lipinski definition) is 4. The number of fused-ring (bicyclic) bond motifs is 1. The SMILES string of the molecule is Cc1ccc(N2C(=NC(=O)CCc3ccccc3)SC3CS(=O)(=O)CC32)cc1C. The Morgan fingerprint density at radius 3 is 2.59 bits per heavy atom. The quantitative estimate of drug-likeness (QED) is 0.745. The molecule has 2 fully saturated rings. The first-order chi connectivity index (χ1) is 13.8. The number of rotatable bonds is 4. The van der Waals surface area contributed by atoms with Crippen LogP contribution in [0.25, 0.3) is 0 Å². The van der Waals surface area contributed by atoms with Gasteiger partial charge in [-0.25, -0.2) is 8.42 Å². The molecule has 7 heteroatoms. The summed E-state index contributed by atoms with van der Waals surface area (Å²) in [4.78, 5) is 18.9. The summed E-state index contributed by atoms with van der Waals surface area (Å²) in [6, 6.07) is 15.8. The molecule has 2 saturated heterocycles. The number of aryl methyl sites for hydroxylation is 3. The number of thioether (sulfide) groups is 1. The van der Waals surface area contributed by atoms with Gasteiger partial charge >= 0.3 is 0 Å². The largest absolute Gasteiger partial charge is 0.316 e. The van der Waals surface area contributed by atoms with Crippen LogP contribution in [-0.2, 0) is 21.1 Å². The molecule has 152 valence electrons. The van der Waals surface area contributed by atoms with E-state index in [4.69, 9.17) is 0 Å². The Hall–Kier alpha value is -2.12. The van der Waals surface area contributed by atoms with E-state index in [0.717, 1.165) is 16.8 Å². The molecule has 2 aliphatic rings. The smallest absolute Gasteiger partial charge is 0.248 e. The number of hydrogen-bond donors (Lipinski definition) is 0. The summed E-state index contributed by atoms with van der Waals surface area (Å²) in [7, 11) is -3.07. The molecule has 0 saturated carbocycles. The number of amides is 1. The van der Waals surface area contributed by atoms with Gasteiger partial charge in [-0.15, -0.1) is 0 Å². The Bertz CT molecular complexity index is 1060. The fourth-order valence-corrected chi connectivity index (χ4v) is 7.73. The normalized spacial score (nSPS) is 24.1. The van der Waals surface area contributed by atoms with Gasteiger partial charge in [0.05, 0.1) is 17.5 Å². The van der Waals surface area contributed by atoms with E-state index < -0.39 is 9.84 Å². The van der Waals surface area contributed by atoms with Gasteiger partial charge < -0.3 is 4.90 Å². The molecule has 0 spiro atoms. The summed E-state index contributed by atoms with van der Waals surface area (Å²) in [5.41, 5.74) is 4.31. The van der Waals surface area contributed by atoms with Gasteiger partial charge in [-0.1, -0.05) is 48.2 Å². The fourth-order valence-electron chi connectivity index (χ4n) is 3.80. The van der Waals surface area contributed by atoms with Crippen molar-refractivity contribution in [2.45, 2.75) is 38.0 Å². The Labute approximate surface area is 176 Å². The summed E-state index contributed by atoms with van der Waals surface area (Å²) in [6.45, 7) is 4.08. The molecule has 0 radical (unpaired) electrons. The molecule has 29 heavy (non-hydrogen) atoms. The van der Waals surface area contributed by atoms with Crippen molar-refractivity contribution in [1.29, 1.82) is 0 Å². The van der Waals surface area contributed by atoms with Crippen molar-refractivity contribution >= 4 is 38.4 Å². The monoisotopic (exact) mass is 428 g/mol. The van der Waals surface area contributed by atoms with Crippen LogP contribution in [0.3, 0.4) is 0 Å². The third kappa shape index (κ3) is 4.41. The highest BCUT2D eigenvalue weighted by Gasteiger charge is 2.49. The number of benzene rings is 2. The minimum atomic E-state index is -3.07. The predicted molar refractivity (Wildman–Crippen MR) is 119 cm³/mol. The average molecular weight is 429 g/mol. The zero-order valence-corrected chi connectivity index (χ0v) is 18.2. The molecule has 2 heterocycles. The van der Waals surface area contributed by atoms with E-state index in [9.17, 15) is 13.2 Å². The molecule has 2 aliphatic heterocycles. The van der Waals surface area contributed by atoms with Crippen LogP contribution in [0, 0.1) is 13.8 Å². The van der Waals surface area contributed by atoms with Gasteiger partial charge in [0, 0.05) is 17.4 Å². The molecule has 4 rings (SSSR count). The highest BCUT2D eigenvalue weighted by Crippen LogP contribution is 2.41. The number of sulfone groups is 1. The highest BCUT2D eigenvalue weighted by atomic mass is 32.2. The molecule has 2 aromatic rings. The van der Waals surface area contributed by atoms with Crippen molar-refractivity contribution < 1.29 is 13.2 Å². The summed E-state index contributed by atoms with van der Waals surface area (Å²) >= 11 is 1.42. The van der Waals surface area contributed by atoms with Gasteiger partial charge in [0.15, 0.2) is 15.0 Å². The van der Waals surface area contributed by atoms with Gasteiger partial charge in [0.2, 0.25) is 5.91 Å². The summed E-state index contributed by atoms with van der Waals surface area (Å²) in [6.07, 6.45) is 0.981. The zero-order chi connectivity index (χ0) is 20.6. The number of anilines is 1. The van der Waals surface area contributed by atoms with Crippen LogP contribution < -0.4 is 4.90 Å². The molecular weight excluding hydrogens is 404 g/mol. The van der Waals surface area contributed by atoms with Gasteiger partial charge in [0.25, 0.3) is 0 Å². The first-order valence-electron chi connectivity index (χ1n) is 9.71. The van der Waals surface area contributed by atoms with Crippen molar-refractivity contribution in [2.75, 3.05) is 16.4 Å². The molecular formula is C22H24N2O3S2. The Balaban J connectivity index is 1.59. The first-order valence-corrected chi connectivity index (χ1v) is 12.4. The minimum absolute atomic E-state index is 0.0812. The summed E-state index contributed by atoms with van der Waals surface area (Å²) < 4.78 is 24.4. The third-order valence-electron chi connectivity index (χ3n) is 5.53. The predicted octanol–water partition coefficient (Wildman–Crippen LogP) is 3.54. The van der Waals surface area contributed by atoms with Crippen molar-refractivity contribution in [3.05, 3.63) is 65.2 Å². The van der Waals surface area contributed by atoms with E-state index in [1.54, 1.807) is 0 Å². The van der Waals surface area contributed by atoms with Crippen molar-refractivity contribution in [3.8, 4) is 0 Å². The number of aliphatic imine (C=N–C) groups is 1. The maximum atomic E-state index is 12.6. The van der Waals surface area contributed by atoms with Gasteiger partial charge in [0.1, 0.15) is 0 Å². The lowest BCUT2D eigenvalue weighted by atomic mass is 10.1. The molecule has 2 atom stereocenters. The average Bonchev–Trinajstić information content (AvgIpc) is 3.14. The molecule has 0 aliphatic carbocycles. The van der Waals surface area contributed by atoms with E-state index >= 15 is 0 Å². The molecule has 1 amide bonds. The minimum Gasteiger partial charge on any atom is -0.316 e. The van der Waals surface area contributed by atoms with E-state index in [1.165, 1.54) is 17.3 Å². The second-order valence-electron chi connectivity index (χ2n) is 7.71. The number of carbonyl (C=O) groups excluding carboxylic acids is 1. The number of carbonyl (C=O) groups is 1. The lowest BCUT2D eigenvalue weighted by Crippen LogP contribution is -2.37. The molecule has 0 N–H and O–H groups in total. The molecule has 2 unspecified atom stereocenters. The van der Waals surface area contributed by atoms with Crippen molar-refractivity contribution in [3.63, 3.8) is 0 Å². The summed E-state index contributed by atoms with van der Waals surface area (Å²) in [5, 5.41) is 0.540. The van der Waals surface area contributed by atoms with Crippen LogP contribution in [0.1, 0.15) is 23.1 Å². The van der Waals surface area contributed by atoms with E-state index in [-0.39, 0.29) is 28.7 Å². The standard InChI is InChI=1S/C22H24N2O3S2/c1-15-8-10-18(12-16(15)2)24-19-13-29(26,27)14-20(19)28-22(24)23-21(25)11-9-17-6-4-3-5-7-17/h3-8,10,12,19-20H,9,11,13-14H2,1-2H3. The Morgan fingerprint density at radius 1 is 1.10 bits per heavy atom. The number of amidine groups is 1. The molecule has 0 aromatic heterocycles. The number of nitrogens with zero attached hydrogens (tertiary/aromatic N) is 2. The Kier molecular flexibility index (Phi) is 5.53. The maximum absolute atomic E-state index is 12.6. The van der Waals surface area contributed by atoms with Gasteiger partial charge in [-0.05, 0) is 49.1 Å². The highest BCUT2D eigenvalue weighted by molar-refractivity contribution is 8.16. The fraction of sp³-hybridized carbons (Fsp3) is 0.364. The van der Waals surface area contributed by atoms with Crippen molar-refractivity contribution in [2.24, 2.45) is 4.99 Å². The van der Waals surface area contributed by atoms with Crippen LogP contribution in [0.15, 0.2) is 53.5 Å². The zero-order valence-electron chi connectivity index (χ0n) is 16.5. The van der Waals surface area contributed by atoms with E-state index in [0.29, 0.717) is 18.0 Å². The lowest BCUT2D eigenvalue weighted by Gasteiger charge is -2.25. The first kappa shape index (κ1) is 20.2. The third-order valence-corrected chi connectivity index (χ3v) is 8.74. The molecule has 5 nitrogen and oxygen atoms in total. The van der Waals surface area contributed by atoms with Crippen LogP contribution in [0.4, 0.5) is 5.69 Å².